The summed E-state index contributed by atoms with van der Waals surface area (Å²) in [4.78, 5) is 16.4. The van der Waals surface area contributed by atoms with Crippen molar-refractivity contribution >= 4 is 45.8 Å². The molecule has 0 aliphatic rings. The number of amides is 1. The first-order valence-corrected chi connectivity index (χ1v) is 8.48. The van der Waals surface area contributed by atoms with Gasteiger partial charge in [0.1, 0.15) is 6.54 Å². The van der Waals surface area contributed by atoms with Crippen LogP contribution in [0.25, 0.3) is 11.0 Å². The van der Waals surface area contributed by atoms with Gasteiger partial charge in [0.2, 0.25) is 5.91 Å². The number of hydrogen-bond donors (Lipinski definition) is 1. The van der Waals surface area contributed by atoms with Crippen LogP contribution in [-0.4, -0.2) is 20.7 Å². The summed E-state index contributed by atoms with van der Waals surface area (Å²) in [6.45, 7) is 2.59. The predicted octanol–water partition coefficient (Wildman–Crippen LogP) is 5.01. The number of aryl methyl sites for hydroxylation is 2. The third kappa shape index (κ3) is 4.01. The molecule has 0 radical (unpaired) electrons. The van der Waals surface area contributed by atoms with Gasteiger partial charge >= 0.3 is 6.18 Å². The highest BCUT2D eigenvalue weighted by Gasteiger charge is 2.35. The molecule has 2 heterocycles. The van der Waals surface area contributed by atoms with Gasteiger partial charge in [-0.25, -0.2) is 9.67 Å². The van der Waals surface area contributed by atoms with Gasteiger partial charge in [-0.15, -0.1) is 0 Å². The maximum absolute atomic E-state index is 13.3. The zero-order valence-electron chi connectivity index (χ0n) is 14.2. The molecule has 2 aromatic heterocycles. The first-order chi connectivity index (χ1) is 12.6. The average molecular weight is 417 g/mol. The molecule has 3 rings (SSSR count). The van der Waals surface area contributed by atoms with Crippen LogP contribution in [0.3, 0.4) is 0 Å². The van der Waals surface area contributed by atoms with Crippen LogP contribution >= 0.6 is 23.2 Å². The molecule has 5 nitrogen and oxygen atoms in total. The monoisotopic (exact) mass is 416 g/mol. The largest absolute Gasteiger partial charge is 0.417 e. The lowest BCUT2D eigenvalue weighted by Crippen LogP contribution is -2.20. The molecule has 1 N–H and O–H groups in total. The summed E-state index contributed by atoms with van der Waals surface area (Å²) in [5.41, 5.74) is -0.0847. The molecule has 1 amide bonds. The zero-order valence-corrected chi connectivity index (χ0v) is 15.7. The fourth-order valence-electron chi connectivity index (χ4n) is 2.72. The van der Waals surface area contributed by atoms with Crippen molar-refractivity contribution in [1.29, 1.82) is 0 Å². The number of alkyl halides is 3. The Morgan fingerprint density at radius 3 is 2.52 bits per heavy atom. The van der Waals surface area contributed by atoms with Crippen molar-refractivity contribution in [1.82, 2.24) is 14.8 Å². The number of anilines is 1. The van der Waals surface area contributed by atoms with Gasteiger partial charge in [0, 0.05) is 11.4 Å². The summed E-state index contributed by atoms with van der Waals surface area (Å²) in [6, 6.07) is 5.52. The van der Waals surface area contributed by atoms with Gasteiger partial charge in [-0.2, -0.15) is 18.3 Å². The molecule has 0 aliphatic carbocycles. The normalized spacial score (nSPS) is 11.8. The van der Waals surface area contributed by atoms with Crippen LogP contribution in [0.4, 0.5) is 18.9 Å². The van der Waals surface area contributed by atoms with E-state index in [1.807, 2.05) is 0 Å². The molecule has 10 heteroatoms. The molecule has 0 saturated heterocycles. The van der Waals surface area contributed by atoms with Gasteiger partial charge in [-0.3, -0.25) is 4.79 Å². The zero-order chi connectivity index (χ0) is 19.9. The van der Waals surface area contributed by atoms with E-state index in [4.69, 9.17) is 23.2 Å². The molecule has 0 unspecified atom stereocenters. The second kappa shape index (κ2) is 7.01. The standard InChI is InChI=1S/C17H13Cl2F3N4O/c1-8-5-11(17(20,21)22)15-9(2)25-26(16(15)23-8)7-14(27)24-10-3-4-12(18)13(19)6-10/h3-6H,7H2,1-2H3,(H,24,27). The number of rotatable bonds is 3. The minimum Gasteiger partial charge on any atom is -0.324 e. The van der Waals surface area contributed by atoms with E-state index in [1.165, 1.54) is 26.0 Å². The van der Waals surface area contributed by atoms with Crippen molar-refractivity contribution in [3.05, 3.63) is 51.3 Å². The number of halogens is 5. The lowest BCUT2D eigenvalue weighted by molar-refractivity contribution is -0.136. The fraction of sp³-hybridized carbons (Fsp3) is 0.235. The Hall–Kier alpha value is -2.32. The van der Waals surface area contributed by atoms with E-state index >= 15 is 0 Å². The summed E-state index contributed by atoms with van der Waals surface area (Å²) in [6.07, 6.45) is -4.55. The molecule has 0 fully saturated rings. The Morgan fingerprint density at radius 1 is 1.19 bits per heavy atom. The van der Waals surface area contributed by atoms with Crippen LogP contribution in [0.15, 0.2) is 24.3 Å². The van der Waals surface area contributed by atoms with Crippen molar-refractivity contribution < 1.29 is 18.0 Å². The van der Waals surface area contributed by atoms with E-state index in [0.717, 1.165) is 10.7 Å². The molecule has 0 saturated carbocycles. The number of nitrogens with zero attached hydrogens (tertiary/aromatic N) is 3. The van der Waals surface area contributed by atoms with E-state index < -0.39 is 17.6 Å². The van der Waals surface area contributed by atoms with E-state index in [0.29, 0.717) is 10.7 Å². The molecular weight excluding hydrogens is 404 g/mol. The number of pyridine rings is 1. The van der Waals surface area contributed by atoms with Crippen LogP contribution in [0.2, 0.25) is 10.0 Å². The Balaban J connectivity index is 1.94. The van der Waals surface area contributed by atoms with Gasteiger partial charge in [0.25, 0.3) is 0 Å². The third-order valence-corrected chi connectivity index (χ3v) is 4.55. The number of benzene rings is 1. The summed E-state index contributed by atoms with van der Waals surface area (Å²) >= 11 is 11.7. The number of carbonyl (C=O) groups excluding carboxylic acids is 1. The van der Waals surface area contributed by atoms with E-state index in [9.17, 15) is 18.0 Å². The molecule has 27 heavy (non-hydrogen) atoms. The smallest absolute Gasteiger partial charge is 0.324 e. The topological polar surface area (TPSA) is 59.8 Å². The lowest BCUT2D eigenvalue weighted by atomic mass is 10.1. The highest BCUT2D eigenvalue weighted by Crippen LogP contribution is 2.36. The summed E-state index contributed by atoms with van der Waals surface area (Å²) in [5, 5.41) is 7.15. The quantitative estimate of drug-likeness (QED) is 0.652. The van der Waals surface area contributed by atoms with Crippen molar-refractivity contribution in [3.63, 3.8) is 0 Å². The van der Waals surface area contributed by atoms with Crippen LogP contribution in [0.5, 0.6) is 0 Å². The highest BCUT2D eigenvalue weighted by molar-refractivity contribution is 6.42. The van der Waals surface area contributed by atoms with Crippen molar-refractivity contribution in [3.8, 4) is 0 Å². The number of fused-ring (bicyclic) bond motifs is 1. The molecule has 3 aromatic rings. The van der Waals surface area contributed by atoms with E-state index in [1.54, 1.807) is 6.07 Å². The Labute approximate surface area is 162 Å². The number of aromatic nitrogens is 3. The number of hydrogen-bond acceptors (Lipinski definition) is 3. The molecular formula is C17H13Cl2F3N4O. The summed E-state index contributed by atoms with van der Waals surface area (Å²) < 4.78 is 41.2. The van der Waals surface area contributed by atoms with Crippen LogP contribution in [0, 0.1) is 13.8 Å². The first kappa shape index (κ1) is 19.4. The second-order valence-corrected chi connectivity index (χ2v) is 6.74. The number of carbonyl (C=O) groups is 1. The van der Waals surface area contributed by atoms with E-state index in [2.05, 4.69) is 15.4 Å². The van der Waals surface area contributed by atoms with Gasteiger partial charge < -0.3 is 5.32 Å². The Kier molecular flexibility index (Phi) is 5.05. The number of nitrogens with one attached hydrogen (secondary N) is 1. The van der Waals surface area contributed by atoms with Gasteiger partial charge in [-0.1, -0.05) is 23.2 Å². The van der Waals surface area contributed by atoms with Crippen LogP contribution in [-0.2, 0) is 17.5 Å². The van der Waals surface area contributed by atoms with Crippen LogP contribution in [0.1, 0.15) is 17.0 Å². The van der Waals surface area contributed by atoms with Crippen molar-refractivity contribution in [2.75, 3.05) is 5.32 Å². The van der Waals surface area contributed by atoms with Crippen molar-refractivity contribution in [2.24, 2.45) is 0 Å². The minimum absolute atomic E-state index is 0.00381. The maximum Gasteiger partial charge on any atom is 0.417 e. The van der Waals surface area contributed by atoms with Gasteiger partial charge in [0.05, 0.1) is 26.7 Å². The third-order valence-electron chi connectivity index (χ3n) is 3.81. The molecule has 1 aromatic carbocycles. The van der Waals surface area contributed by atoms with Gasteiger partial charge in [0.15, 0.2) is 5.65 Å². The fourth-order valence-corrected chi connectivity index (χ4v) is 3.02. The Bertz CT molecular complexity index is 1050. The molecule has 0 atom stereocenters. The molecule has 0 bridgehead atoms. The lowest BCUT2D eigenvalue weighted by Gasteiger charge is -2.10. The van der Waals surface area contributed by atoms with E-state index in [-0.39, 0.29) is 34.0 Å². The van der Waals surface area contributed by atoms with Gasteiger partial charge in [-0.05, 0) is 38.1 Å². The SMILES string of the molecule is Cc1cc(C(F)(F)F)c2c(C)nn(CC(=O)Nc3ccc(Cl)c(Cl)c3)c2n1. The second-order valence-electron chi connectivity index (χ2n) is 5.93. The molecule has 142 valence electrons. The molecule has 0 spiro atoms. The van der Waals surface area contributed by atoms with Crippen molar-refractivity contribution in [2.45, 2.75) is 26.6 Å². The van der Waals surface area contributed by atoms with Crippen LogP contribution < -0.4 is 5.32 Å². The summed E-state index contributed by atoms with van der Waals surface area (Å²) in [7, 11) is 0. The first-order valence-electron chi connectivity index (χ1n) is 7.73. The maximum atomic E-state index is 13.3. The average Bonchev–Trinajstić information content (AvgIpc) is 2.85. The highest BCUT2D eigenvalue weighted by atomic mass is 35.5. The Morgan fingerprint density at radius 2 is 1.89 bits per heavy atom. The molecule has 0 aliphatic heterocycles. The summed E-state index contributed by atoms with van der Waals surface area (Å²) in [5.74, 6) is -0.491. The predicted molar refractivity (Wildman–Crippen MR) is 97.1 cm³/mol. The minimum atomic E-state index is -4.55.